The molecule has 0 spiro atoms. The number of halogens is 1. The van der Waals surface area contributed by atoms with E-state index >= 15 is 0 Å². The molecular formula is C18H22FN3O3S. The number of hydrogen-bond acceptors (Lipinski definition) is 6. The molecule has 1 N–H and O–H groups in total. The Labute approximate surface area is 155 Å². The molecule has 1 aromatic heterocycles. The number of aryl methyl sites for hydroxylation is 1. The molecule has 1 aliphatic rings. The number of rotatable bonds is 6. The molecule has 1 atom stereocenters. The number of aliphatic carboxylic acids is 1. The molecule has 0 unspecified atom stereocenters. The second kappa shape index (κ2) is 8.11. The molecule has 0 amide bonds. The van der Waals surface area contributed by atoms with Gasteiger partial charge >= 0.3 is 5.97 Å². The Hall–Kier alpha value is -2.03. The number of methoxy groups -OCH3 is 1. The molecule has 140 valence electrons. The number of ether oxygens (including phenoxy) is 1. The lowest BCUT2D eigenvalue weighted by atomic mass is 10.0. The van der Waals surface area contributed by atoms with Crippen molar-refractivity contribution in [2.45, 2.75) is 19.5 Å². The zero-order valence-electron chi connectivity index (χ0n) is 14.8. The molecule has 1 fully saturated rings. The molecule has 2 heterocycles. The summed E-state index contributed by atoms with van der Waals surface area (Å²) < 4.78 is 19.0. The lowest BCUT2D eigenvalue weighted by Crippen LogP contribution is -2.49. The fourth-order valence-corrected chi connectivity index (χ4v) is 3.90. The van der Waals surface area contributed by atoms with Crippen LogP contribution in [-0.4, -0.2) is 59.1 Å². The Morgan fingerprint density at radius 3 is 2.69 bits per heavy atom. The highest BCUT2D eigenvalue weighted by Crippen LogP contribution is 2.31. The molecule has 0 saturated carbocycles. The Kier molecular flexibility index (Phi) is 5.85. The van der Waals surface area contributed by atoms with E-state index in [1.165, 1.54) is 25.3 Å². The molecule has 0 radical (unpaired) electrons. The van der Waals surface area contributed by atoms with E-state index in [1.54, 1.807) is 11.3 Å². The van der Waals surface area contributed by atoms with Crippen LogP contribution in [0.25, 0.3) is 0 Å². The smallest absolute Gasteiger partial charge is 0.325 e. The Morgan fingerprint density at radius 1 is 1.38 bits per heavy atom. The summed E-state index contributed by atoms with van der Waals surface area (Å²) >= 11 is 1.63. The number of hydrogen-bond donors (Lipinski definition) is 1. The predicted molar refractivity (Wildman–Crippen MR) is 97.0 cm³/mol. The molecule has 3 rings (SSSR count). The molecule has 26 heavy (non-hydrogen) atoms. The number of piperazine rings is 1. The van der Waals surface area contributed by atoms with Gasteiger partial charge in [0.15, 0.2) is 0 Å². The standard InChI is InChI=1S/C18H22FN3O3S/c1-12-20-14(11-26-12)10-21-5-7-22(8-6-21)17(18(23)24)15-9-13(19)3-4-16(15)25-2/h3-4,9,11,17H,5-8,10H2,1-2H3,(H,23,24)/t17-/m0/s1. The average Bonchev–Trinajstić information content (AvgIpc) is 3.01. The van der Waals surface area contributed by atoms with E-state index in [0.717, 1.165) is 30.3 Å². The zero-order valence-corrected chi connectivity index (χ0v) is 15.6. The normalized spacial score (nSPS) is 17.2. The van der Waals surface area contributed by atoms with Gasteiger partial charge in [-0.1, -0.05) is 0 Å². The minimum atomic E-state index is -1.00. The van der Waals surface area contributed by atoms with Crippen LogP contribution in [0, 0.1) is 12.7 Å². The Bertz CT molecular complexity index is 775. The third-order valence-electron chi connectivity index (χ3n) is 4.54. The number of carboxylic acids is 1. The third-order valence-corrected chi connectivity index (χ3v) is 5.37. The van der Waals surface area contributed by atoms with Crippen molar-refractivity contribution in [1.82, 2.24) is 14.8 Å². The first-order valence-electron chi connectivity index (χ1n) is 8.41. The van der Waals surface area contributed by atoms with Gasteiger partial charge in [0.2, 0.25) is 0 Å². The maximum Gasteiger partial charge on any atom is 0.325 e. The van der Waals surface area contributed by atoms with Crippen molar-refractivity contribution in [3.05, 3.63) is 45.7 Å². The van der Waals surface area contributed by atoms with Gasteiger partial charge in [-0.3, -0.25) is 14.6 Å². The lowest BCUT2D eigenvalue weighted by molar-refractivity contribution is -0.144. The van der Waals surface area contributed by atoms with Crippen LogP contribution in [0.1, 0.15) is 22.3 Å². The predicted octanol–water partition coefficient (Wildman–Crippen LogP) is 2.54. The van der Waals surface area contributed by atoms with E-state index < -0.39 is 17.8 Å². The first kappa shape index (κ1) is 18.8. The van der Waals surface area contributed by atoms with Crippen molar-refractivity contribution >= 4 is 17.3 Å². The van der Waals surface area contributed by atoms with E-state index in [9.17, 15) is 14.3 Å². The van der Waals surface area contributed by atoms with Crippen LogP contribution in [0.2, 0.25) is 0 Å². The number of carbonyl (C=O) groups is 1. The monoisotopic (exact) mass is 379 g/mol. The van der Waals surface area contributed by atoms with Crippen molar-refractivity contribution in [3.8, 4) is 5.75 Å². The van der Waals surface area contributed by atoms with Crippen molar-refractivity contribution in [2.75, 3.05) is 33.3 Å². The number of thiazole rings is 1. The SMILES string of the molecule is COc1ccc(F)cc1[C@@H](C(=O)O)N1CCN(Cc2csc(C)n2)CC1. The summed E-state index contributed by atoms with van der Waals surface area (Å²) in [5.41, 5.74) is 1.39. The second-order valence-electron chi connectivity index (χ2n) is 6.30. The van der Waals surface area contributed by atoms with Gasteiger partial charge in [-0.2, -0.15) is 0 Å². The van der Waals surface area contributed by atoms with Gasteiger partial charge in [-0.25, -0.2) is 9.37 Å². The number of aromatic nitrogens is 1. The molecule has 2 aromatic rings. The van der Waals surface area contributed by atoms with Crippen LogP contribution in [0.3, 0.4) is 0 Å². The maximum atomic E-state index is 13.7. The molecule has 8 heteroatoms. The summed E-state index contributed by atoms with van der Waals surface area (Å²) in [5, 5.41) is 12.9. The maximum absolute atomic E-state index is 13.7. The van der Waals surface area contributed by atoms with Crippen LogP contribution >= 0.6 is 11.3 Å². The summed E-state index contributed by atoms with van der Waals surface area (Å²) in [6.45, 7) is 5.38. The van der Waals surface area contributed by atoms with Crippen LogP contribution in [0.15, 0.2) is 23.6 Å². The quantitative estimate of drug-likeness (QED) is 0.832. The first-order chi connectivity index (χ1) is 12.5. The topological polar surface area (TPSA) is 65.9 Å². The molecule has 0 bridgehead atoms. The minimum Gasteiger partial charge on any atom is -0.496 e. The largest absolute Gasteiger partial charge is 0.496 e. The molecule has 1 saturated heterocycles. The van der Waals surface area contributed by atoms with Gasteiger partial charge in [0.05, 0.1) is 17.8 Å². The average molecular weight is 379 g/mol. The van der Waals surface area contributed by atoms with Gasteiger partial charge < -0.3 is 9.84 Å². The van der Waals surface area contributed by atoms with Crippen molar-refractivity contribution in [2.24, 2.45) is 0 Å². The fourth-order valence-electron chi connectivity index (χ4n) is 3.29. The Balaban J connectivity index is 1.71. The van der Waals surface area contributed by atoms with Gasteiger partial charge in [-0.15, -0.1) is 11.3 Å². The number of nitrogens with zero attached hydrogens (tertiary/aromatic N) is 3. The second-order valence-corrected chi connectivity index (χ2v) is 7.36. The highest BCUT2D eigenvalue weighted by atomic mass is 32.1. The minimum absolute atomic E-state index is 0.351. The van der Waals surface area contributed by atoms with E-state index in [0.29, 0.717) is 24.4 Å². The fraction of sp³-hybridized carbons (Fsp3) is 0.444. The van der Waals surface area contributed by atoms with Gasteiger partial charge in [0.1, 0.15) is 17.6 Å². The lowest BCUT2D eigenvalue weighted by Gasteiger charge is -2.37. The Morgan fingerprint density at radius 2 is 2.12 bits per heavy atom. The van der Waals surface area contributed by atoms with E-state index in [-0.39, 0.29) is 0 Å². The highest BCUT2D eigenvalue weighted by molar-refractivity contribution is 7.09. The van der Waals surface area contributed by atoms with Gasteiger partial charge in [0, 0.05) is 43.7 Å². The van der Waals surface area contributed by atoms with Crippen LogP contribution in [0.5, 0.6) is 5.75 Å². The third kappa shape index (κ3) is 4.20. The van der Waals surface area contributed by atoms with E-state index in [2.05, 4.69) is 15.3 Å². The van der Waals surface area contributed by atoms with Crippen LogP contribution in [0.4, 0.5) is 4.39 Å². The van der Waals surface area contributed by atoms with Crippen LogP contribution < -0.4 is 4.74 Å². The van der Waals surface area contributed by atoms with Crippen molar-refractivity contribution < 1.29 is 19.0 Å². The molecular weight excluding hydrogens is 357 g/mol. The number of carboxylic acid groups (broad SMARTS) is 1. The van der Waals surface area contributed by atoms with Crippen molar-refractivity contribution in [3.63, 3.8) is 0 Å². The first-order valence-corrected chi connectivity index (χ1v) is 9.29. The van der Waals surface area contributed by atoms with E-state index in [4.69, 9.17) is 4.74 Å². The molecule has 1 aliphatic heterocycles. The van der Waals surface area contributed by atoms with Gasteiger partial charge in [0.25, 0.3) is 0 Å². The number of benzene rings is 1. The van der Waals surface area contributed by atoms with Gasteiger partial charge in [-0.05, 0) is 25.1 Å². The zero-order chi connectivity index (χ0) is 18.7. The summed E-state index contributed by atoms with van der Waals surface area (Å²) in [6, 6.07) is 3.07. The summed E-state index contributed by atoms with van der Waals surface area (Å²) in [6.07, 6.45) is 0. The van der Waals surface area contributed by atoms with E-state index in [1.807, 2.05) is 11.8 Å². The molecule has 1 aromatic carbocycles. The van der Waals surface area contributed by atoms with Crippen LogP contribution in [-0.2, 0) is 11.3 Å². The molecule has 6 nitrogen and oxygen atoms in total. The summed E-state index contributed by atoms with van der Waals surface area (Å²) in [5.74, 6) is -1.08. The summed E-state index contributed by atoms with van der Waals surface area (Å²) in [4.78, 5) is 20.5. The van der Waals surface area contributed by atoms with Crippen molar-refractivity contribution in [1.29, 1.82) is 0 Å². The summed E-state index contributed by atoms with van der Waals surface area (Å²) in [7, 11) is 1.46. The molecule has 0 aliphatic carbocycles. The highest BCUT2D eigenvalue weighted by Gasteiger charge is 2.32.